The Kier molecular flexibility index (Phi) is 11.4. The molecular weight excluding hydrogens is 689 g/mol. The number of aromatic nitrogens is 1. The number of benzene rings is 3. The van der Waals surface area contributed by atoms with Gasteiger partial charge in [0.2, 0.25) is 11.8 Å². The molecule has 51 heavy (non-hydrogen) atoms. The monoisotopic (exact) mass is 729 g/mol. The predicted octanol–water partition coefficient (Wildman–Crippen LogP) is 7.44. The molecule has 0 unspecified atom stereocenters. The Bertz CT molecular complexity index is 1990. The van der Waals surface area contributed by atoms with E-state index in [1.807, 2.05) is 37.3 Å². The van der Waals surface area contributed by atoms with Crippen molar-refractivity contribution >= 4 is 75.0 Å². The van der Waals surface area contributed by atoms with Gasteiger partial charge in [-0.3, -0.25) is 9.59 Å². The Morgan fingerprint density at radius 1 is 0.980 bits per heavy atom. The van der Waals surface area contributed by atoms with Crippen LogP contribution in [0.25, 0.3) is 17.0 Å². The summed E-state index contributed by atoms with van der Waals surface area (Å²) in [7, 11) is 1.58. The van der Waals surface area contributed by atoms with Gasteiger partial charge in [0.1, 0.15) is 24.4 Å². The average molecular weight is 731 g/mol. The highest BCUT2D eigenvalue weighted by Gasteiger charge is 2.22. The smallest absolute Gasteiger partial charge is 0.349 e. The summed E-state index contributed by atoms with van der Waals surface area (Å²) < 4.78 is 6.30. The van der Waals surface area contributed by atoms with Gasteiger partial charge < -0.3 is 24.3 Å². The topological polar surface area (TPSA) is 104 Å². The highest BCUT2D eigenvalue weighted by Crippen LogP contribution is 2.37. The number of amides is 2. The number of halogens is 2. The predicted molar refractivity (Wildman–Crippen MR) is 203 cm³/mol. The fourth-order valence-electron chi connectivity index (χ4n) is 6.64. The molecule has 2 aliphatic rings. The van der Waals surface area contributed by atoms with Crippen LogP contribution < -0.4 is 24.9 Å². The maximum absolute atomic E-state index is 13.1. The lowest BCUT2D eigenvalue weighted by molar-refractivity contribution is -0.145. The normalized spacial score (nSPS) is 14.5. The van der Waals surface area contributed by atoms with Crippen LogP contribution in [0.4, 0.5) is 17.1 Å². The Balaban J connectivity index is 1.07. The number of fused-ring (bicyclic) bond motifs is 2. The number of carbonyl (C=O) groups is 3. The van der Waals surface area contributed by atoms with Crippen molar-refractivity contribution in [1.29, 1.82) is 0 Å². The first-order valence-electron chi connectivity index (χ1n) is 17.1. The third kappa shape index (κ3) is 8.30. The standard InChI is InChI=1S/C39H41Cl2N5O5/c1-25-21-34(45-18-5-4-6-19-45)29-10-7-11-35(39(29)43-25)50-24-30-31(40)14-16-33(38(30)41)44(3)36(48)23-42-51-37(49)17-13-27-12-15-32-28(22-27)9-8-20-46(32)26(2)47/h7,10-17,21-22,42H,4-6,8-9,18-20,23-24H2,1-3H3/b17-13+. The molecule has 1 fully saturated rings. The van der Waals surface area contributed by atoms with Crippen molar-refractivity contribution in [2.45, 2.75) is 52.6 Å². The number of para-hydroxylation sites is 1. The summed E-state index contributed by atoms with van der Waals surface area (Å²) in [4.78, 5) is 52.8. The lowest BCUT2D eigenvalue weighted by atomic mass is 9.99. The minimum Gasteiger partial charge on any atom is -0.487 e. The second kappa shape index (κ2) is 16.1. The van der Waals surface area contributed by atoms with Crippen molar-refractivity contribution in [3.63, 3.8) is 0 Å². The number of hydroxylamine groups is 1. The van der Waals surface area contributed by atoms with Gasteiger partial charge in [0.05, 0.1) is 10.7 Å². The Morgan fingerprint density at radius 2 is 1.78 bits per heavy atom. The van der Waals surface area contributed by atoms with E-state index in [1.54, 1.807) is 37.1 Å². The number of pyridine rings is 1. The summed E-state index contributed by atoms with van der Waals surface area (Å²) in [6.07, 6.45) is 8.23. The number of anilines is 3. The van der Waals surface area contributed by atoms with E-state index in [2.05, 4.69) is 22.5 Å². The number of carbonyl (C=O) groups excluding carboxylic acids is 3. The number of hydrogen-bond acceptors (Lipinski definition) is 8. The van der Waals surface area contributed by atoms with Gasteiger partial charge in [-0.15, -0.1) is 5.48 Å². The lowest BCUT2D eigenvalue weighted by Gasteiger charge is -2.30. The van der Waals surface area contributed by atoms with Crippen LogP contribution in [-0.4, -0.2) is 56.0 Å². The van der Waals surface area contributed by atoms with Gasteiger partial charge in [-0.2, -0.15) is 0 Å². The summed E-state index contributed by atoms with van der Waals surface area (Å²) in [6, 6.07) is 17.1. The van der Waals surface area contributed by atoms with Crippen LogP contribution in [0.3, 0.4) is 0 Å². The molecule has 12 heteroatoms. The van der Waals surface area contributed by atoms with Crippen molar-refractivity contribution in [2.75, 3.05) is 47.9 Å². The first-order valence-corrected chi connectivity index (χ1v) is 17.9. The number of hydrogen-bond donors (Lipinski definition) is 1. The first kappa shape index (κ1) is 36.2. The molecule has 3 aromatic carbocycles. The molecule has 2 aliphatic heterocycles. The van der Waals surface area contributed by atoms with Crippen molar-refractivity contribution in [2.24, 2.45) is 0 Å². The molecule has 0 spiro atoms. The minimum absolute atomic E-state index is 0.00741. The molecule has 3 heterocycles. The van der Waals surface area contributed by atoms with Crippen LogP contribution in [0.2, 0.25) is 10.0 Å². The second-order valence-electron chi connectivity index (χ2n) is 12.8. The summed E-state index contributed by atoms with van der Waals surface area (Å²) in [5.41, 5.74) is 8.99. The number of rotatable bonds is 10. The van der Waals surface area contributed by atoms with Crippen molar-refractivity contribution in [3.8, 4) is 5.75 Å². The quantitative estimate of drug-likeness (QED) is 0.133. The molecule has 0 radical (unpaired) electrons. The number of piperidine rings is 1. The van der Waals surface area contributed by atoms with Gasteiger partial charge in [-0.1, -0.05) is 41.4 Å². The number of nitrogens with one attached hydrogen (secondary N) is 1. The third-order valence-electron chi connectivity index (χ3n) is 9.29. The maximum Gasteiger partial charge on any atom is 0.349 e. The molecule has 6 rings (SSSR count). The molecule has 0 atom stereocenters. The molecule has 1 N–H and O–H groups in total. The van der Waals surface area contributed by atoms with Crippen LogP contribution in [0.5, 0.6) is 5.75 Å². The van der Waals surface area contributed by atoms with Gasteiger partial charge in [-0.25, -0.2) is 9.78 Å². The fraction of sp³-hybridized carbons (Fsp3) is 0.333. The van der Waals surface area contributed by atoms with E-state index in [0.717, 1.165) is 65.0 Å². The largest absolute Gasteiger partial charge is 0.487 e. The summed E-state index contributed by atoms with van der Waals surface area (Å²) >= 11 is 13.4. The van der Waals surface area contributed by atoms with E-state index in [-0.39, 0.29) is 24.1 Å². The van der Waals surface area contributed by atoms with Gasteiger partial charge in [0, 0.05) is 72.7 Å². The number of nitrogens with zero attached hydrogens (tertiary/aromatic N) is 4. The average Bonchev–Trinajstić information content (AvgIpc) is 3.13. The Morgan fingerprint density at radius 3 is 2.57 bits per heavy atom. The highest BCUT2D eigenvalue weighted by atomic mass is 35.5. The number of ether oxygens (including phenoxy) is 1. The molecule has 4 aromatic rings. The number of likely N-dealkylation sites (N-methyl/N-ethyl adjacent to an activating group) is 1. The minimum atomic E-state index is -0.668. The van der Waals surface area contributed by atoms with E-state index in [1.165, 1.54) is 30.2 Å². The molecular formula is C39H41Cl2N5O5. The van der Waals surface area contributed by atoms with Gasteiger partial charge in [-0.05, 0) is 92.6 Å². The zero-order valence-electron chi connectivity index (χ0n) is 29.0. The molecule has 2 amide bonds. The van der Waals surface area contributed by atoms with Crippen molar-refractivity contribution in [3.05, 3.63) is 93.1 Å². The first-order chi connectivity index (χ1) is 24.6. The van der Waals surface area contributed by atoms with Crippen LogP contribution in [0, 0.1) is 6.92 Å². The molecule has 0 aliphatic carbocycles. The SMILES string of the molecule is CC(=O)N1CCCc2cc(/C=C/C(=O)ONCC(=O)N(C)c3ccc(Cl)c(COc4cccc5c(N6CCCCC6)cc(C)nc45)c3Cl)ccc21. The molecule has 0 saturated carbocycles. The van der Waals surface area contributed by atoms with Gasteiger partial charge in [0.25, 0.3) is 0 Å². The summed E-state index contributed by atoms with van der Waals surface area (Å²) in [6.45, 7) is 6.05. The number of aryl methyl sites for hydroxylation is 2. The van der Waals surface area contributed by atoms with E-state index in [0.29, 0.717) is 28.6 Å². The van der Waals surface area contributed by atoms with E-state index >= 15 is 0 Å². The lowest BCUT2D eigenvalue weighted by Crippen LogP contribution is -2.36. The van der Waals surface area contributed by atoms with Crippen LogP contribution in [0.1, 0.15) is 55.0 Å². The van der Waals surface area contributed by atoms with Crippen LogP contribution >= 0.6 is 23.2 Å². The summed E-state index contributed by atoms with van der Waals surface area (Å²) in [5.74, 6) is -0.444. The fourth-order valence-corrected chi connectivity index (χ4v) is 7.24. The zero-order chi connectivity index (χ0) is 36.1. The van der Waals surface area contributed by atoms with E-state index in [4.69, 9.17) is 37.8 Å². The third-order valence-corrected chi connectivity index (χ3v) is 10.1. The molecule has 1 aromatic heterocycles. The van der Waals surface area contributed by atoms with Gasteiger partial charge >= 0.3 is 5.97 Å². The zero-order valence-corrected chi connectivity index (χ0v) is 30.5. The van der Waals surface area contributed by atoms with E-state index < -0.39 is 11.9 Å². The molecule has 1 saturated heterocycles. The molecule has 0 bridgehead atoms. The second-order valence-corrected chi connectivity index (χ2v) is 13.6. The molecule has 266 valence electrons. The highest BCUT2D eigenvalue weighted by molar-refractivity contribution is 6.38. The van der Waals surface area contributed by atoms with Crippen molar-refractivity contribution in [1.82, 2.24) is 10.5 Å². The molecule has 10 nitrogen and oxygen atoms in total. The van der Waals surface area contributed by atoms with Crippen LogP contribution in [0.15, 0.2) is 60.7 Å². The maximum atomic E-state index is 13.1. The van der Waals surface area contributed by atoms with Crippen LogP contribution in [-0.2, 0) is 32.2 Å². The van der Waals surface area contributed by atoms with Crippen molar-refractivity contribution < 1.29 is 24.0 Å². The van der Waals surface area contributed by atoms with Gasteiger partial charge in [0.15, 0.2) is 0 Å². The Labute approximate surface area is 307 Å². The summed E-state index contributed by atoms with van der Waals surface area (Å²) in [5, 5.41) is 1.70. The van der Waals surface area contributed by atoms with E-state index in [9.17, 15) is 14.4 Å². The Hall–Kier alpha value is -4.64.